The lowest BCUT2D eigenvalue weighted by molar-refractivity contribution is -0.143. The largest absolute Gasteiger partial charge is 0.468 e. The molecule has 1 aliphatic heterocycles. The van der Waals surface area contributed by atoms with Gasteiger partial charge in [-0.25, -0.2) is 9.97 Å². The number of carbonyl (C=O) groups excluding carboxylic acids is 2. The van der Waals surface area contributed by atoms with Crippen molar-refractivity contribution in [3.63, 3.8) is 0 Å². The van der Waals surface area contributed by atoms with Crippen LogP contribution in [0.4, 0.5) is 11.5 Å². The van der Waals surface area contributed by atoms with Gasteiger partial charge >= 0.3 is 5.97 Å². The lowest BCUT2D eigenvalue weighted by atomic mass is 10.0. The number of methoxy groups -OCH3 is 1. The van der Waals surface area contributed by atoms with E-state index in [4.69, 9.17) is 9.72 Å². The standard InChI is InChI=1S/C23H30N6O3/c1-15(23(31)32-2)20(30)18-14-26-22(28-21(18)27-16-5-3-4-6-16)19-13-17(7-8-25-19)29-11-9-24-10-12-29/h7-8,13-16,24H,3-6,9-12H2,1-2H3,(H,26,27,28). The van der Waals surface area contributed by atoms with E-state index < -0.39 is 11.9 Å². The highest BCUT2D eigenvalue weighted by atomic mass is 16.5. The summed E-state index contributed by atoms with van der Waals surface area (Å²) in [5.41, 5.74) is 2.03. The molecule has 2 fully saturated rings. The first kappa shape index (κ1) is 22.1. The summed E-state index contributed by atoms with van der Waals surface area (Å²) < 4.78 is 4.75. The third kappa shape index (κ3) is 4.88. The number of Topliss-reactive ketones (excluding diaryl/α,β-unsaturated/α-hetero) is 1. The van der Waals surface area contributed by atoms with E-state index in [1.54, 1.807) is 13.1 Å². The van der Waals surface area contributed by atoms with E-state index in [2.05, 4.69) is 25.5 Å². The zero-order valence-corrected chi connectivity index (χ0v) is 18.6. The molecule has 9 nitrogen and oxygen atoms in total. The van der Waals surface area contributed by atoms with Crippen LogP contribution in [0.2, 0.25) is 0 Å². The zero-order chi connectivity index (χ0) is 22.5. The molecule has 2 N–H and O–H groups in total. The number of aromatic nitrogens is 3. The molecule has 4 rings (SSSR count). The Kier molecular flexibility index (Phi) is 6.94. The van der Waals surface area contributed by atoms with Gasteiger partial charge in [0.15, 0.2) is 11.6 Å². The Morgan fingerprint density at radius 2 is 1.97 bits per heavy atom. The first-order valence-electron chi connectivity index (χ1n) is 11.2. The van der Waals surface area contributed by atoms with Gasteiger partial charge in [-0.15, -0.1) is 0 Å². The predicted octanol–water partition coefficient (Wildman–Crippen LogP) is 2.29. The molecular weight excluding hydrogens is 408 g/mol. The summed E-state index contributed by atoms with van der Waals surface area (Å²) in [5, 5.41) is 6.78. The van der Waals surface area contributed by atoms with Gasteiger partial charge in [0.2, 0.25) is 0 Å². The topological polar surface area (TPSA) is 109 Å². The molecule has 0 amide bonds. The Balaban J connectivity index is 1.66. The number of nitrogens with zero attached hydrogens (tertiary/aromatic N) is 4. The molecular formula is C23H30N6O3. The third-order valence-corrected chi connectivity index (χ3v) is 6.15. The molecule has 170 valence electrons. The molecule has 2 aromatic rings. The lowest BCUT2D eigenvalue weighted by Gasteiger charge is -2.29. The average molecular weight is 439 g/mol. The van der Waals surface area contributed by atoms with Gasteiger partial charge in [-0.1, -0.05) is 12.8 Å². The minimum absolute atomic E-state index is 0.248. The van der Waals surface area contributed by atoms with Crippen molar-refractivity contribution >= 4 is 23.3 Å². The fourth-order valence-corrected chi connectivity index (χ4v) is 4.24. The van der Waals surface area contributed by atoms with E-state index in [1.807, 2.05) is 12.1 Å². The molecule has 1 unspecified atom stereocenters. The van der Waals surface area contributed by atoms with Gasteiger partial charge in [0.05, 0.1) is 12.7 Å². The van der Waals surface area contributed by atoms with Crippen LogP contribution >= 0.6 is 0 Å². The second-order valence-corrected chi connectivity index (χ2v) is 8.33. The van der Waals surface area contributed by atoms with Gasteiger partial charge in [0.1, 0.15) is 17.4 Å². The van der Waals surface area contributed by atoms with Gasteiger partial charge in [-0.05, 0) is 31.9 Å². The molecule has 1 atom stereocenters. The number of hydrogen-bond donors (Lipinski definition) is 2. The van der Waals surface area contributed by atoms with E-state index >= 15 is 0 Å². The number of pyridine rings is 1. The van der Waals surface area contributed by atoms with Crippen molar-refractivity contribution in [2.45, 2.75) is 38.6 Å². The highest BCUT2D eigenvalue weighted by molar-refractivity contribution is 6.10. The zero-order valence-electron chi connectivity index (χ0n) is 18.6. The number of rotatable bonds is 7. The van der Waals surface area contributed by atoms with Crippen molar-refractivity contribution in [2.24, 2.45) is 5.92 Å². The van der Waals surface area contributed by atoms with Crippen LogP contribution < -0.4 is 15.5 Å². The van der Waals surface area contributed by atoms with Crippen LogP contribution in [0.5, 0.6) is 0 Å². The van der Waals surface area contributed by atoms with Crippen molar-refractivity contribution in [2.75, 3.05) is 43.5 Å². The molecule has 1 saturated carbocycles. The van der Waals surface area contributed by atoms with Crippen LogP contribution in [-0.2, 0) is 9.53 Å². The second-order valence-electron chi connectivity index (χ2n) is 8.33. The molecule has 0 bridgehead atoms. The fraction of sp³-hybridized carbons (Fsp3) is 0.522. The van der Waals surface area contributed by atoms with Crippen LogP contribution in [0.1, 0.15) is 43.0 Å². The van der Waals surface area contributed by atoms with Crippen molar-refractivity contribution in [3.05, 3.63) is 30.1 Å². The molecule has 32 heavy (non-hydrogen) atoms. The number of esters is 1. The predicted molar refractivity (Wildman–Crippen MR) is 122 cm³/mol. The summed E-state index contributed by atoms with van der Waals surface area (Å²) in [5.74, 6) is -0.947. The molecule has 2 aromatic heterocycles. The number of ketones is 1. The van der Waals surface area contributed by atoms with Crippen LogP contribution in [0.15, 0.2) is 24.5 Å². The molecule has 3 heterocycles. The highest BCUT2D eigenvalue weighted by Crippen LogP contribution is 2.27. The molecule has 1 aliphatic carbocycles. The van der Waals surface area contributed by atoms with Crippen LogP contribution in [0.3, 0.4) is 0 Å². The maximum atomic E-state index is 13.0. The van der Waals surface area contributed by atoms with Crippen molar-refractivity contribution < 1.29 is 14.3 Å². The van der Waals surface area contributed by atoms with Gasteiger partial charge in [-0.2, -0.15) is 0 Å². The number of hydrogen-bond acceptors (Lipinski definition) is 9. The smallest absolute Gasteiger partial charge is 0.316 e. The SMILES string of the molecule is COC(=O)C(C)C(=O)c1cnc(-c2cc(N3CCNCC3)ccn2)nc1NC1CCCC1. The maximum absolute atomic E-state index is 13.0. The Bertz CT molecular complexity index is 970. The van der Waals surface area contributed by atoms with Gasteiger partial charge < -0.3 is 20.3 Å². The lowest BCUT2D eigenvalue weighted by Crippen LogP contribution is -2.43. The number of anilines is 2. The number of ether oxygens (including phenoxy) is 1. The van der Waals surface area contributed by atoms with E-state index in [1.165, 1.54) is 13.3 Å². The van der Waals surface area contributed by atoms with Crippen molar-refractivity contribution in [1.29, 1.82) is 0 Å². The minimum atomic E-state index is -0.923. The van der Waals surface area contributed by atoms with Crippen molar-refractivity contribution in [1.82, 2.24) is 20.3 Å². The number of nitrogens with one attached hydrogen (secondary N) is 2. The maximum Gasteiger partial charge on any atom is 0.316 e. The number of carbonyl (C=O) groups is 2. The van der Waals surface area contributed by atoms with E-state index in [9.17, 15) is 9.59 Å². The third-order valence-electron chi connectivity index (χ3n) is 6.15. The fourth-order valence-electron chi connectivity index (χ4n) is 4.24. The summed E-state index contributed by atoms with van der Waals surface area (Å²) in [4.78, 5) is 40.8. The van der Waals surface area contributed by atoms with E-state index in [0.717, 1.165) is 57.5 Å². The van der Waals surface area contributed by atoms with Crippen LogP contribution in [0.25, 0.3) is 11.5 Å². The highest BCUT2D eigenvalue weighted by Gasteiger charge is 2.28. The first-order valence-corrected chi connectivity index (χ1v) is 11.2. The van der Waals surface area contributed by atoms with Crippen LogP contribution in [0, 0.1) is 5.92 Å². The number of piperazine rings is 1. The molecule has 2 aliphatic rings. The Morgan fingerprint density at radius 1 is 1.22 bits per heavy atom. The van der Waals surface area contributed by atoms with Gasteiger partial charge in [-0.3, -0.25) is 14.6 Å². The van der Waals surface area contributed by atoms with Crippen molar-refractivity contribution in [3.8, 4) is 11.5 Å². The Hall–Kier alpha value is -3.07. The molecule has 1 saturated heterocycles. The van der Waals surface area contributed by atoms with Gasteiger partial charge in [0, 0.05) is 50.3 Å². The summed E-state index contributed by atoms with van der Waals surface area (Å²) >= 11 is 0. The minimum Gasteiger partial charge on any atom is -0.468 e. The van der Waals surface area contributed by atoms with Gasteiger partial charge in [0.25, 0.3) is 0 Å². The molecule has 0 radical (unpaired) electrons. The monoisotopic (exact) mass is 438 g/mol. The Morgan fingerprint density at radius 3 is 2.69 bits per heavy atom. The van der Waals surface area contributed by atoms with E-state index in [0.29, 0.717) is 22.9 Å². The second kappa shape index (κ2) is 10.0. The Labute approximate surface area is 188 Å². The normalized spacial score (nSPS) is 17.8. The summed E-state index contributed by atoms with van der Waals surface area (Å²) in [6, 6.07) is 4.22. The quantitative estimate of drug-likeness (QED) is 0.382. The molecule has 9 heteroatoms. The summed E-state index contributed by atoms with van der Waals surface area (Å²) in [6.07, 6.45) is 7.60. The average Bonchev–Trinajstić information content (AvgIpc) is 3.36. The van der Waals surface area contributed by atoms with Crippen LogP contribution in [-0.4, -0.2) is 66.0 Å². The van der Waals surface area contributed by atoms with E-state index in [-0.39, 0.29) is 11.8 Å². The summed E-state index contributed by atoms with van der Waals surface area (Å²) in [6.45, 7) is 5.28. The summed E-state index contributed by atoms with van der Waals surface area (Å²) in [7, 11) is 1.28. The molecule has 0 spiro atoms. The molecule has 0 aromatic carbocycles. The first-order chi connectivity index (χ1) is 15.6.